The summed E-state index contributed by atoms with van der Waals surface area (Å²) in [5, 5.41) is 3.07. The van der Waals surface area contributed by atoms with Crippen LogP contribution in [0.2, 0.25) is 0 Å². The summed E-state index contributed by atoms with van der Waals surface area (Å²) in [6.45, 7) is 2.78. The van der Waals surface area contributed by atoms with Crippen molar-refractivity contribution in [1.29, 1.82) is 0 Å². The van der Waals surface area contributed by atoms with Crippen molar-refractivity contribution in [3.63, 3.8) is 0 Å². The van der Waals surface area contributed by atoms with Gasteiger partial charge in [0.2, 0.25) is 0 Å². The third kappa shape index (κ3) is 6.69. The second kappa shape index (κ2) is 12.2. The van der Waals surface area contributed by atoms with Crippen molar-refractivity contribution in [2.45, 2.75) is 24.8 Å². The normalized spacial score (nSPS) is 10.7. The first-order valence-electron chi connectivity index (χ1n) is 11.6. The van der Waals surface area contributed by atoms with Gasteiger partial charge in [-0.15, -0.1) is 0 Å². The Morgan fingerprint density at radius 1 is 0.743 bits per heavy atom. The smallest absolute Gasteiger partial charge is 0.251 e. The van der Waals surface area contributed by atoms with E-state index in [0.29, 0.717) is 24.2 Å². The molecule has 0 aromatic heterocycles. The largest absolute Gasteiger partial charge is 0.352 e. The third-order valence-electron chi connectivity index (χ3n) is 5.73. The number of carbonyl (C=O) groups is 2. The molecule has 0 heterocycles. The highest BCUT2D eigenvalue weighted by Crippen LogP contribution is 2.28. The van der Waals surface area contributed by atoms with E-state index >= 15 is 0 Å². The van der Waals surface area contributed by atoms with E-state index in [-0.39, 0.29) is 11.7 Å². The van der Waals surface area contributed by atoms with Crippen LogP contribution in [0.4, 0.5) is 0 Å². The first-order valence-corrected chi connectivity index (χ1v) is 12.4. The van der Waals surface area contributed by atoms with Crippen molar-refractivity contribution in [3.8, 4) is 11.1 Å². The molecule has 0 spiro atoms. The van der Waals surface area contributed by atoms with Gasteiger partial charge in [-0.1, -0.05) is 84.9 Å². The Kier molecular flexibility index (Phi) is 8.49. The number of benzene rings is 4. The Labute approximate surface area is 210 Å². The van der Waals surface area contributed by atoms with Crippen LogP contribution in [-0.2, 0) is 13.0 Å². The lowest BCUT2D eigenvalue weighted by atomic mass is 9.95. The highest BCUT2D eigenvalue weighted by molar-refractivity contribution is 7.97. The lowest BCUT2D eigenvalue weighted by Crippen LogP contribution is -2.26. The van der Waals surface area contributed by atoms with E-state index in [1.54, 1.807) is 6.92 Å². The van der Waals surface area contributed by atoms with Gasteiger partial charge in [-0.25, -0.2) is 0 Å². The van der Waals surface area contributed by atoms with Gasteiger partial charge in [-0.05, 0) is 65.7 Å². The van der Waals surface area contributed by atoms with Crippen molar-refractivity contribution in [3.05, 3.63) is 125 Å². The number of rotatable bonds is 10. The Morgan fingerprint density at radius 2 is 1.40 bits per heavy atom. The van der Waals surface area contributed by atoms with Gasteiger partial charge in [0.25, 0.3) is 5.91 Å². The maximum absolute atomic E-state index is 13.1. The first kappa shape index (κ1) is 24.5. The molecule has 176 valence electrons. The van der Waals surface area contributed by atoms with Gasteiger partial charge >= 0.3 is 0 Å². The van der Waals surface area contributed by atoms with Crippen LogP contribution >= 0.6 is 11.9 Å². The third-order valence-corrected chi connectivity index (χ3v) is 6.53. The summed E-state index contributed by atoms with van der Waals surface area (Å²) in [6, 6.07) is 33.6. The average Bonchev–Trinajstić information content (AvgIpc) is 2.90. The van der Waals surface area contributed by atoms with E-state index in [9.17, 15) is 9.59 Å². The molecular weight excluding hydrogens is 452 g/mol. The van der Waals surface area contributed by atoms with E-state index in [0.717, 1.165) is 28.0 Å². The highest BCUT2D eigenvalue weighted by atomic mass is 32.2. The second-order valence-electron chi connectivity index (χ2n) is 8.20. The first-order chi connectivity index (χ1) is 17.1. The van der Waals surface area contributed by atoms with Gasteiger partial charge in [-0.3, -0.25) is 14.3 Å². The number of hydrogen-bond donors (Lipinski definition) is 2. The van der Waals surface area contributed by atoms with Gasteiger partial charge in [0.05, 0.1) is 0 Å². The summed E-state index contributed by atoms with van der Waals surface area (Å²) >= 11 is 1.52. The summed E-state index contributed by atoms with van der Waals surface area (Å²) in [4.78, 5) is 25.6. The molecule has 4 rings (SSSR count). The van der Waals surface area contributed by atoms with Gasteiger partial charge < -0.3 is 5.32 Å². The zero-order valence-corrected chi connectivity index (χ0v) is 20.5. The number of Topliss-reactive ketones (excluding diaryl/α,β-unsaturated/α-hetero) is 1. The highest BCUT2D eigenvalue weighted by Gasteiger charge is 2.14. The number of hydrogen-bond acceptors (Lipinski definition) is 4. The molecule has 0 radical (unpaired) electrons. The molecule has 0 saturated heterocycles. The zero-order chi connectivity index (χ0) is 24.5. The van der Waals surface area contributed by atoms with Crippen LogP contribution in [0.15, 0.2) is 108 Å². The summed E-state index contributed by atoms with van der Waals surface area (Å²) in [5.74, 6) is -0.00886. The molecule has 0 aliphatic heterocycles. The Bertz CT molecular complexity index is 1290. The minimum atomic E-state index is -0.0702. The molecule has 0 aliphatic rings. The molecular formula is C30H28N2O2S. The molecule has 1 amide bonds. The van der Waals surface area contributed by atoms with Crippen molar-refractivity contribution < 1.29 is 9.59 Å². The molecule has 0 atom stereocenters. The minimum Gasteiger partial charge on any atom is -0.352 e. The number of ketones is 1. The van der Waals surface area contributed by atoms with Crippen LogP contribution in [0.25, 0.3) is 11.1 Å². The summed E-state index contributed by atoms with van der Waals surface area (Å²) in [7, 11) is 0. The quantitative estimate of drug-likeness (QED) is 0.206. The molecule has 5 heteroatoms. The minimum absolute atomic E-state index is 0.0613. The monoisotopic (exact) mass is 480 g/mol. The molecule has 0 aliphatic carbocycles. The van der Waals surface area contributed by atoms with Gasteiger partial charge in [0.1, 0.15) is 0 Å². The molecule has 0 unspecified atom stereocenters. The fourth-order valence-electron chi connectivity index (χ4n) is 3.87. The average molecular weight is 481 g/mol. The SMILES string of the molecule is CC(=O)c1ccc(SNCc2ccccc2-c2ccccc2C(=O)NCCc2ccccc2)cc1. The molecule has 0 saturated carbocycles. The zero-order valence-electron chi connectivity index (χ0n) is 19.7. The Morgan fingerprint density at radius 3 is 2.14 bits per heavy atom. The van der Waals surface area contributed by atoms with E-state index in [1.165, 1.54) is 17.5 Å². The maximum atomic E-state index is 13.1. The summed E-state index contributed by atoms with van der Waals surface area (Å²) in [5.41, 5.74) is 5.62. The number of carbonyl (C=O) groups excluding carboxylic acids is 2. The predicted octanol–water partition coefficient (Wildman–Crippen LogP) is 6.33. The molecule has 4 aromatic carbocycles. The van der Waals surface area contributed by atoms with Crippen molar-refractivity contribution >= 4 is 23.6 Å². The van der Waals surface area contributed by atoms with E-state index in [1.807, 2.05) is 78.9 Å². The lowest BCUT2D eigenvalue weighted by molar-refractivity contribution is 0.0953. The second-order valence-corrected chi connectivity index (χ2v) is 9.16. The molecule has 4 nitrogen and oxygen atoms in total. The van der Waals surface area contributed by atoms with Crippen LogP contribution < -0.4 is 10.0 Å². The van der Waals surface area contributed by atoms with Crippen LogP contribution in [0.5, 0.6) is 0 Å². The van der Waals surface area contributed by atoms with E-state index in [4.69, 9.17) is 0 Å². The fraction of sp³-hybridized carbons (Fsp3) is 0.133. The fourth-order valence-corrected chi connectivity index (χ4v) is 4.53. The van der Waals surface area contributed by atoms with Crippen LogP contribution in [0.3, 0.4) is 0 Å². The van der Waals surface area contributed by atoms with Gasteiger partial charge in [0, 0.05) is 29.1 Å². The van der Waals surface area contributed by atoms with Gasteiger partial charge in [-0.2, -0.15) is 0 Å². The lowest BCUT2D eigenvalue weighted by Gasteiger charge is -2.14. The summed E-state index contributed by atoms with van der Waals surface area (Å²) < 4.78 is 3.41. The Balaban J connectivity index is 1.43. The maximum Gasteiger partial charge on any atom is 0.251 e. The molecule has 4 aromatic rings. The van der Waals surface area contributed by atoms with Crippen LogP contribution in [0, 0.1) is 0 Å². The number of nitrogens with one attached hydrogen (secondary N) is 2. The van der Waals surface area contributed by atoms with Crippen LogP contribution in [-0.4, -0.2) is 18.2 Å². The summed E-state index contributed by atoms with van der Waals surface area (Å²) in [6.07, 6.45) is 0.792. The molecule has 2 N–H and O–H groups in total. The number of amides is 1. The van der Waals surface area contributed by atoms with Crippen molar-refractivity contribution in [1.82, 2.24) is 10.0 Å². The van der Waals surface area contributed by atoms with Crippen LogP contribution in [0.1, 0.15) is 38.8 Å². The standard InChI is InChI=1S/C30H28N2O2S/c1-22(33)24-15-17-26(18-16-24)35-32-21-25-11-5-6-12-27(25)28-13-7-8-14-29(28)30(34)31-20-19-23-9-3-2-4-10-23/h2-18,32H,19-21H2,1H3,(H,31,34). The van der Waals surface area contributed by atoms with E-state index < -0.39 is 0 Å². The van der Waals surface area contributed by atoms with Crippen molar-refractivity contribution in [2.24, 2.45) is 0 Å². The predicted molar refractivity (Wildman–Crippen MR) is 144 cm³/mol. The topological polar surface area (TPSA) is 58.2 Å². The van der Waals surface area contributed by atoms with Crippen molar-refractivity contribution in [2.75, 3.05) is 6.54 Å². The molecule has 0 bridgehead atoms. The van der Waals surface area contributed by atoms with E-state index in [2.05, 4.69) is 34.3 Å². The molecule has 0 fully saturated rings. The Hall–Kier alpha value is -3.67. The van der Waals surface area contributed by atoms with Gasteiger partial charge in [0.15, 0.2) is 5.78 Å². The molecule has 35 heavy (non-hydrogen) atoms.